The van der Waals surface area contributed by atoms with Crippen LogP contribution in [0.1, 0.15) is 56.2 Å². The van der Waals surface area contributed by atoms with Crippen molar-refractivity contribution in [3.63, 3.8) is 0 Å². The third-order valence-corrected chi connectivity index (χ3v) is 6.96. The topological polar surface area (TPSA) is 21.7 Å². The number of ether oxygens (including phenoxy) is 2. The molecule has 3 heterocycles. The molecule has 2 saturated heterocycles. The smallest absolute Gasteiger partial charge is 0.190 e. The minimum Gasteiger partial charge on any atom is -0.348 e. The van der Waals surface area contributed by atoms with Crippen LogP contribution in [0.2, 0.25) is 0 Å². The van der Waals surface area contributed by atoms with Gasteiger partial charge in [0.25, 0.3) is 0 Å². The zero-order valence-electron chi connectivity index (χ0n) is 14.0. The Kier molecular flexibility index (Phi) is 4.29. The molecule has 0 N–H and O–H groups in total. The molecule has 126 valence electrons. The normalized spacial score (nSPS) is 34.9. The number of nitrogens with zero attached hydrogens (tertiary/aromatic N) is 1. The van der Waals surface area contributed by atoms with E-state index in [1.165, 1.54) is 36.9 Å². The summed E-state index contributed by atoms with van der Waals surface area (Å²) in [6.45, 7) is 6.71. The molecule has 1 aromatic carbocycles. The van der Waals surface area contributed by atoms with Gasteiger partial charge in [0.2, 0.25) is 0 Å². The molecule has 4 heteroatoms. The highest BCUT2D eigenvalue weighted by Gasteiger charge is 2.64. The van der Waals surface area contributed by atoms with Crippen LogP contribution < -0.4 is 0 Å². The Labute approximate surface area is 147 Å². The summed E-state index contributed by atoms with van der Waals surface area (Å²) in [6, 6.07) is 9.81. The number of benzene rings is 1. The first-order valence-electron chi connectivity index (χ1n) is 9.01. The second-order valence-electron chi connectivity index (χ2n) is 6.84. The average molecular weight is 380 g/mol. The van der Waals surface area contributed by atoms with Gasteiger partial charge in [0.15, 0.2) is 5.79 Å². The van der Waals surface area contributed by atoms with Crippen molar-refractivity contribution in [2.24, 2.45) is 0 Å². The van der Waals surface area contributed by atoms with E-state index in [0.29, 0.717) is 25.3 Å². The Hall–Kier alpha value is -0.420. The Morgan fingerprint density at radius 2 is 1.83 bits per heavy atom. The number of fused-ring (bicyclic) bond motifs is 1. The van der Waals surface area contributed by atoms with E-state index in [9.17, 15) is 0 Å². The molecule has 0 aromatic heterocycles. The van der Waals surface area contributed by atoms with Crippen LogP contribution in [0.15, 0.2) is 24.3 Å². The molecule has 0 saturated carbocycles. The third kappa shape index (κ3) is 2.18. The second kappa shape index (κ2) is 6.14. The first-order valence-corrected chi connectivity index (χ1v) is 9.92. The predicted molar refractivity (Wildman–Crippen MR) is 95.0 cm³/mol. The lowest BCUT2D eigenvalue weighted by atomic mass is 9.64. The van der Waals surface area contributed by atoms with Gasteiger partial charge in [0.05, 0.1) is 16.8 Å². The van der Waals surface area contributed by atoms with E-state index < -0.39 is 5.79 Å². The lowest BCUT2D eigenvalue weighted by Crippen LogP contribution is -2.69. The van der Waals surface area contributed by atoms with Gasteiger partial charge in [-0.05, 0) is 44.4 Å². The fourth-order valence-corrected chi connectivity index (χ4v) is 6.30. The van der Waals surface area contributed by atoms with E-state index >= 15 is 0 Å². The van der Waals surface area contributed by atoms with Crippen molar-refractivity contribution in [2.75, 3.05) is 19.8 Å². The number of rotatable bonds is 4. The molecule has 3 aliphatic heterocycles. The van der Waals surface area contributed by atoms with E-state index in [1.807, 2.05) is 0 Å². The highest BCUT2D eigenvalue weighted by Crippen LogP contribution is 2.60. The van der Waals surface area contributed by atoms with Gasteiger partial charge >= 0.3 is 0 Å². The summed E-state index contributed by atoms with van der Waals surface area (Å²) in [4.78, 5) is 2.88. The molecule has 1 aliphatic carbocycles. The Morgan fingerprint density at radius 1 is 1.13 bits per heavy atom. The van der Waals surface area contributed by atoms with Crippen LogP contribution in [0.5, 0.6) is 0 Å². The molecule has 2 fully saturated rings. The van der Waals surface area contributed by atoms with Crippen molar-refractivity contribution in [3.05, 3.63) is 35.4 Å². The van der Waals surface area contributed by atoms with Gasteiger partial charge in [0.1, 0.15) is 0 Å². The summed E-state index contributed by atoms with van der Waals surface area (Å²) in [5.41, 5.74) is 2.91. The van der Waals surface area contributed by atoms with Crippen LogP contribution in [-0.2, 0) is 9.47 Å². The molecule has 1 aromatic rings. The van der Waals surface area contributed by atoms with E-state index in [1.54, 1.807) is 0 Å². The number of piperidine rings is 2. The maximum atomic E-state index is 6.37. The van der Waals surface area contributed by atoms with E-state index in [4.69, 9.17) is 9.47 Å². The highest BCUT2D eigenvalue weighted by molar-refractivity contribution is 9.09. The first-order chi connectivity index (χ1) is 11.2. The number of halogens is 1. The Bertz CT molecular complexity index is 572. The van der Waals surface area contributed by atoms with Crippen LogP contribution in [0, 0.1) is 0 Å². The SMILES string of the molecule is CCOC1(OCC)C(Br)C2c3ccccc3C1C1CCCCN12. The standard InChI is InChI=1S/C19H26BrNO2/c1-3-22-19(23-4-2)16-13-9-5-6-10-14(13)17(18(19)20)21-12-8-7-11-15(16)21/h5-6,9-10,15-18H,3-4,7-8,11-12H2,1-2H3. The largest absolute Gasteiger partial charge is 0.348 e. The summed E-state index contributed by atoms with van der Waals surface area (Å²) in [5, 5.41) is 0. The molecule has 4 unspecified atom stereocenters. The molecule has 5 rings (SSSR count). The lowest BCUT2D eigenvalue weighted by molar-refractivity contribution is -0.285. The third-order valence-electron chi connectivity index (χ3n) is 5.82. The van der Waals surface area contributed by atoms with E-state index in [0.717, 1.165) is 0 Å². The van der Waals surface area contributed by atoms with Gasteiger partial charge < -0.3 is 9.47 Å². The number of alkyl halides is 1. The number of hydrogen-bond acceptors (Lipinski definition) is 3. The van der Waals surface area contributed by atoms with Gasteiger partial charge in [0, 0.05) is 19.3 Å². The predicted octanol–water partition coefficient (Wildman–Crippen LogP) is 4.23. The second-order valence-corrected chi connectivity index (χ2v) is 7.83. The van der Waals surface area contributed by atoms with Crippen molar-refractivity contribution in [2.45, 2.75) is 61.7 Å². The quantitative estimate of drug-likeness (QED) is 0.577. The Balaban J connectivity index is 1.89. The van der Waals surface area contributed by atoms with Crippen molar-refractivity contribution < 1.29 is 9.47 Å². The van der Waals surface area contributed by atoms with Crippen molar-refractivity contribution >= 4 is 15.9 Å². The molecule has 4 atom stereocenters. The fraction of sp³-hybridized carbons (Fsp3) is 0.684. The summed E-state index contributed by atoms with van der Waals surface area (Å²) in [5.74, 6) is -0.255. The van der Waals surface area contributed by atoms with Gasteiger partial charge in [-0.1, -0.05) is 46.6 Å². The van der Waals surface area contributed by atoms with Crippen molar-refractivity contribution in [1.29, 1.82) is 0 Å². The van der Waals surface area contributed by atoms with Crippen LogP contribution in [0.4, 0.5) is 0 Å². The minimum absolute atomic E-state index is 0.171. The monoisotopic (exact) mass is 379 g/mol. The molecular formula is C19H26BrNO2. The molecule has 2 bridgehead atoms. The minimum atomic E-state index is -0.541. The Morgan fingerprint density at radius 3 is 2.52 bits per heavy atom. The van der Waals surface area contributed by atoms with Crippen LogP contribution in [-0.4, -0.2) is 41.3 Å². The molecule has 4 aliphatic rings. The van der Waals surface area contributed by atoms with Gasteiger partial charge in [-0.15, -0.1) is 0 Å². The maximum Gasteiger partial charge on any atom is 0.190 e. The summed E-state index contributed by atoms with van der Waals surface area (Å²) >= 11 is 4.01. The zero-order valence-corrected chi connectivity index (χ0v) is 15.6. The molecule has 0 radical (unpaired) electrons. The molecule has 0 spiro atoms. The van der Waals surface area contributed by atoms with Crippen LogP contribution >= 0.6 is 15.9 Å². The van der Waals surface area contributed by atoms with E-state index in [-0.39, 0.29) is 10.7 Å². The van der Waals surface area contributed by atoms with Crippen LogP contribution in [0.25, 0.3) is 0 Å². The van der Waals surface area contributed by atoms with Crippen molar-refractivity contribution in [1.82, 2.24) is 4.90 Å². The lowest BCUT2D eigenvalue weighted by Gasteiger charge is -2.63. The van der Waals surface area contributed by atoms with Gasteiger partial charge in [-0.3, -0.25) is 4.90 Å². The first kappa shape index (κ1) is 16.1. The van der Waals surface area contributed by atoms with Gasteiger partial charge in [-0.2, -0.15) is 0 Å². The van der Waals surface area contributed by atoms with Gasteiger partial charge in [-0.25, -0.2) is 0 Å². The summed E-state index contributed by atoms with van der Waals surface area (Å²) in [6.07, 6.45) is 3.86. The van der Waals surface area contributed by atoms with Crippen LogP contribution in [0.3, 0.4) is 0 Å². The fourth-order valence-electron chi connectivity index (χ4n) is 5.17. The summed E-state index contributed by atoms with van der Waals surface area (Å²) in [7, 11) is 0. The van der Waals surface area contributed by atoms with E-state index in [2.05, 4.69) is 58.9 Å². The maximum absolute atomic E-state index is 6.37. The molecule has 3 nitrogen and oxygen atoms in total. The number of hydrogen-bond donors (Lipinski definition) is 0. The average Bonchev–Trinajstić information content (AvgIpc) is 2.58. The van der Waals surface area contributed by atoms with Crippen molar-refractivity contribution in [3.8, 4) is 0 Å². The summed E-state index contributed by atoms with van der Waals surface area (Å²) < 4.78 is 12.7. The molecule has 23 heavy (non-hydrogen) atoms. The highest BCUT2D eigenvalue weighted by atomic mass is 79.9. The molecular weight excluding hydrogens is 354 g/mol. The molecule has 0 amide bonds. The zero-order chi connectivity index (χ0) is 16.0.